The highest BCUT2D eigenvalue weighted by Crippen LogP contribution is 2.37. The van der Waals surface area contributed by atoms with Crippen LogP contribution in [-0.4, -0.2) is 25.9 Å². The quantitative estimate of drug-likeness (QED) is 0.429. The first-order chi connectivity index (χ1) is 12.0. The number of nitro benzene ring substituents is 1. The van der Waals surface area contributed by atoms with Gasteiger partial charge in [-0.25, -0.2) is 9.97 Å². The van der Waals surface area contributed by atoms with Crippen LogP contribution in [0.25, 0.3) is 11.0 Å². The van der Waals surface area contributed by atoms with Gasteiger partial charge in [0, 0.05) is 23.1 Å². The summed E-state index contributed by atoms with van der Waals surface area (Å²) in [7, 11) is 0. The molecule has 1 amide bonds. The third-order valence-electron chi connectivity index (χ3n) is 3.97. The molecule has 8 nitrogen and oxygen atoms in total. The first kappa shape index (κ1) is 15.4. The fraction of sp³-hybridized carbons (Fsp3) is 0.0625. The highest BCUT2D eigenvalue weighted by atomic mass is 35.5. The molecule has 25 heavy (non-hydrogen) atoms. The number of benzene rings is 1. The van der Waals surface area contributed by atoms with E-state index < -0.39 is 17.1 Å². The SMILES string of the molecule is O=C1c2cc([N+](=O)[O-])ccc2C(O)N1c1ccc2ccc(Cl)nc2n1. The number of anilines is 1. The third kappa shape index (κ3) is 2.39. The molecular formula is C16H9ClN4O4. The van der Waals surface area contributed by atoms with E-state index in [9.17, 15) is 20.0 Å². The number of nitrogens with zero attached hydrogens (tertiary/aromatic N) is 4. The first-order valence-corrected chi connectivity index (χ1v) is 7.57. The molecule has 0 saturated carbocycles. The molecule has 1 aliphatic heterocycles. The van der Waals surface area contributed by atoms with E-state index in [1.165, 1.54) is 12.1 Å². The van der Waals surface area contributed by atoms with Crippen molar-refractivity contribution < 1.29 is 14.8 Å². The average molecular weight is 357 g/mol. The maximum atomic E-state index is 12.6. The summed E-state index contributed by atoms with van der Waals surface area (Å²) in [5.74, 6) is -0.390. The lowest BCUT2D eigenvalue weighted by atomic mass is 10.1. The molecule has 9 heteroatoms. The van der Waals surface area contributed by atoms with Gasteiger partial charge in [-0.05, 0) is 30.3 Å². The Morgan fingerprint density at radius 3 is 2.68 bits per heavy atom. The van der Waals surface area contributed by atoms with Crippen LogP contribution in [-0.2, 0) is 0 Å². The second kappa shape index (κ2) is 5.47. The molecule has 1 N–H and O–H groups in total. The van der Waals surface area contributed by atoms with Gasteiger partial charge in [-0.2, -0.15) is 0 Å². The summed E-state index contributed by atoms with van der Waals surface area (Å²) in [5.41, 5.74) is 0.465. The number of non-ortho nitro benzene ring substituents is 1. The number of carbonyl (C=O) groups is 1. The zero-order valence-corrected chi connectivity index (χ0v) is 13.2. The van der Waals surface area contributed by atoms with Crippen LogP contribution >= 0.6 is 11.6 Å². The highest BCUT2D eigenvalue weighted by molar-refractivity contribution is 6.29. The van der Waals surface area contributed by atoms with Crippen LogP contribution in [0.15, 0.2) is 42.5 Å². The molecule has 1 aromatic carbocycles. The Morgan fingerprint density at radius 2 is 1.92 bits per heavy atom. The minimum atomic E-state index is -1.28. The van der Waals surface area contributed by atoms with Gasteiger partial charge < -0.3 is 5.11 Å². The van der Waals surface area contributed by atoms with Crippen LogP contribution < -0.4 is 4.90 Å². The van der Waals surface area contributed by atoms with Gasteiger partial charge in [-0.3, -0.25) is 19.8 Å². The third-order valence-corrected chi connectivity index (χ3v) is 4.18. The molecule has 2 aromatic heterocycles. The largest absolute Gasteiger partial charge is 0.369 e. The van der Waals surface area contributed by atoms with Crippen molar-refractivity contribution in [2.24, 2.45) is 0 Å². The lowest BCUT2D eigenvalue weighted by molar-refractivity contribution is -0.384. The van der Waals surface area contributed by atoms with E-state index in [0.29, 0.717) is 5.65 Å². The molecule has 1 aliphatic rings. The van der Waals surface area contributed by atoms with Crippen molar-refractivity contribution in [3.05, 3.63) is 68.9 Å². The predicted octanol–water partition coefficient (Wildman–Crippen LogP) is 2.84. The van der Waals surface area contributed by atoms with Crippen LogP contribution in [0.5, 0.6) is 0 Å². The summed E-state index contributed by atoms with van der Waals surface area (Å²) in [5, 5.41) is 22.4. The Balaban J connectivity index is 1.81. The van der Waals surface area contributed by atoms with Gasteiger partial charge >= 0.3 is 0 Å². The molecule has 0 saturated heterocycles. The van der Waals surface area contributed by atoms with Crippen LogP contribution in [0.4, 0.5) is 11.5 Å². The van der Waals surface area contributed by atoms with Crippen molar-refractivity contribution in [2.75, 3.05) is 4.90 Å². The van der Waals surface area contributed by atoms with Crippen molar-refractivity contribution in [1.29, 1.82) is 0 Å². The number of aliphatic hydroxyl groups excluding tert-OH is 1. The molecule has 0 radical (unpaired) electrons. The molecule has 1 unspecified atom stereocenters. The van der Waals surface area contributed by atoms with E-state index in [2.05, 4.69) is 9.97 Å². The summed E-state index contributed by atoms with van der Waals surface area (Å²) in [6, 6.07) is 10.4. The zero-order valence-electron chi connectivity index (χ0n) is 12.5. The Labute approximate surface area is 145 Å². The molecule has 0 fully saturated rings. The average Bonchev–Trinajstić information content (AvgIpc) is 2.84. The van der Waals surface area contributed by atoms with E-state index in [-0.39, 0.29) is 27.8 Å². The minimum absolute atomic E-state index is 0.0719. The minimum Gasteiger partial charge on any atom is -0.369 e. The number of rotatable bonds is 2. The maximum absolute atomic E-state index is 12.6. The number of pyridine rings is 2. The van der Waals surface area contributed by atoms with Gasteiger partial charge in [0.05, 0.1) is 10.5 Å². The molecule has 1 atom stereocenters. The lowest BCUT2D eigenvalue weighted by Crippen LogP contribution is -2.28. The molecule has 124 valence electrons. The molecule has 4 rings (SSSR count). The first-order valence-electron chi connectivity index (χ1n) is 7.19. The van der Waals surface area contributed by atoms with Gasteiger partial charge in [-0.15, -0.1) is 0 Å². The molecule has 0 aliphatic carbocycles. The van der Waals surface area contributed by atoms with Crippen molar-refractivity contribution in [2.45, 2.75) is 6.23 Å². The number of carbonyl (C=O) groups excluding carboxylic acids is 1. The van der Waals surface area contributed by atoms with E-state index >= 15 is 0 Å². The number of aromatic nitrogens is 2. The summed E-state index contributed by atoms with van der Waals surface area (Å²) < 4.78 is 0. The molecule has 3 aromatic rings. The number of hydrogen-bond donors (Lipinski definition) is 1. The predicted molar refractivity (Wildman–Crippen MR) is 89.4 cm³/mol. The van der Waals surface area contributed by atoms with Crippen LogP contribution in [0.1, 0.15) is 22.1 Å². The Morgan fingerprint density at radius 1 is 1.16 bits per heavy atom. The number of aliphatic hydroxyl groups is 1. The van der Waals surface area contributed by atoms with E-state index in [4.69, 9.17) is 11.6 Å². The fourth-order valence-corrected chi connectivity index (χ4v) is 2.92. The summed E-state index contributed by atoms with van der Waals surface area (Å²) in [6.07, 6.45) is -1.28. The number of amides is 1. The second-order valence-corrected chi connectivity index (χ2v) is 5.81. The highest BCUT2D eigenvalue weighted by Gasteiger charge is 2.38. The Hall–Kier alpha value is -3.10. The van der Waals surface area contributed by atoms with Gasteiger partial charge in [-0.1, -0.05) is 11.6 Å². The van der Waals surface area contributed by atoms with Gasteiger partial charge in [0.15, 0.2) is 11.9 Å². The normalized spacial score (nSPS) is 16.3. The molecule has 0 spiro atoms. The summed E-state index contributed by atoms with van der Waals surface area (Å²) in [4.78, 5) is 32.4. The van der Waals surface area contributed by atoms with Gasteiger partial charge in [0.2, 0.25) is 0 Å². The van der Waals surface area contributed by atoms with Gasteiger partial charge in [0.1, 0.15) is 11.0 Å². The smallest absolute Gasteiger partial charge is 0.270 e. The second-order valence-electron chi connectivity index (χ2n) is 5.43. The number of nitro groups is 1. The van der Waals surface area contributed by atoms with E-state index in [1.807, 2.05) is 0 Å². The molecular weight excluding hydrogens is 348 g/mol. The van der Waals surface area contributed by atoms with Crippen molar-refractivity contribution in [3.8, 4) is 0 Å². The molecule has 0 bridgehead atoms. The standard InChI is InChI=1S/C16H9ClN4O4/c17-12-5-1-8-2-6-13(19-14(8)18-12)20-15(22)10-4-3-9(21(24)25)7-11(10)16(20)23/h1-7,15,22H. The summed E-state index contributed by atoms with van der Waals surface area (Å²) in [6.45, 7) is 0. The maximum Gasteiger partial charge on any atom is 0.270 e. The van der Waals surface area contributed by atoms with Crippen molar-refractivity contribution in [3.63, 3.8) is 0 Å². The summed E-state index contributed by atoms with van der Waals surface area (Å²) >= 11 is 5.86. The lowest BCUT2D eigenvalue weighted by Gasteiger charge is -2.19. The monoisotopic (exact) mass is 356 g/mol. The molecule has 3 heterocycles. The van der Waals surface area contributed by atoms with Gasteiger partial charge in [0.25, 0.3) is 11.6 Å². The van der Waals surface area contributed by atoms with E-state index in [0.717, 1.165) is 16.4 Å². The number of halogens is 1. The number of hydrogen-bond acceptors (Lipinski definition) is 6. The van der Waals surface area contributed by atoms with Crippen LogP contribution in [0.3, 0.4) is 0 Å². The van der Waals surface area contributed by atoms with Crippen molar-refractivity contribution in [1.82, 2.24) is 9.97 Å². The fourth-order valence-electron chi connectivity index (χ4n) is 2.78. The van der Waals surface area contributed by atoms with E-state index in [1.54, 1.807) is 24.3 Å². The van der Waals surface area contributed by atoms with Crippen LogP contribution in [0, 0.1) is 10.1 Å². The van der Waals surface area contributed by atoms with Crippen molar-refractivity contribution >= 4 is 40.0 Å². The van der Waals surface area contributed by atoms with Crippen LogP contribution in [0.2, 0.25) is 5.15 Å². The number of fused-ring (bicyclic) bond motifs is 2. The topological polar surface area (TPSA) is 109 Å². The zero-order chi connectivity index (χ0) is 17.7. The Bertz CT molecular complexity index is 1060. The Kier molecular flexibility index (Phi) is 3.38.